The monoisotopic (exact) mass is 489 g/mol. The van der Waals surface area contributed by atoms with E-state index in [2.05, 4.69) is 61.2 Å². The molecule has 0 radical (unpaired) electrons. The van der Waals surface area contributed by atoms with E-state index in [1.54, 1.807) is 14.2 Å². The molecule has 36 heavy (non-hydrogen) atoms. The van der Waals surface area contributed by atoms with Crippen molar-refractivity contribution in [2.45, 2.75) is 57.0 Å². The normalized spacial score (nSPS) is 20.6. The molecule has 6 nitrogen and oxygen atoms in total. The van der Waals surface area contributed by atoms with Gasteiger partial charge < -0.3 is 19.3 Å². The third-order valence-corrected chi connectivity index (χ3v) is 8.48. The number of hydrogen-bond donors (Lipinski definition) is 0. The van der Waals surface area contributed by atoms with Gasteiger partial charge in [0.25, 0.3) is 0 Å². The van der Waals surface area contributed by atoms with Crippen LogP contribution in [0.5, 0.6) is 11.5 Å². The van der Waals surface area contributed by atoms with Gasteiger partial charge in [-0.25, -0.2) is 4.79 Å². The maximum Gasteiger partial charge on any atom is 0.325 e. The van der Waals surface area contributed by atoms with Crippen molar-refractivity contribution in [3.63, 3.8) is 0 Å². The zero-order valence-corrected chi connectivity index (χ0v) is 22.3. The van der Waals surface area contributed by atoms with Crippen LogP contribution in [-0.4, -0.2) is 67.2 Å². The number of carbonyl (C=O) groups is 1. The molecule has 0 bridgehead atoms. The molecule has 0 saturated carbocycles. The molecule has 0 aromatic heterocycles. The van der Waals surface area contributed by atoms with Crippen molar-refractivity contribution >= 4 is 6.03 Å². The van der Waals surface area contributed by atoms with E-state index >= 15 is 0 Å². The summed E-state index contributed by atoms with van der Waals surface area (Å²) in [6, 6.07) is 14.8. The second-order valence-corrected chi connectivity index (χ2v) is 11.0. The molecule has 2 fully saturated rings. The maximum absolute atomic E-state index is 13.6. The number of allylic oxidation sites excluding steroid dienone is 1. The first-order valence-electron chi connectivity index (χ1n) is 13.1. The highest BCUT2D eigenvalue weighted by molar-refractivity contribution is 5.83. The molecule has 2 aromatic rings. The number of hydrogen-bond acceptors (Lipinski definition) is 4. The number of aryl methyl sites for hydroxylation is 1. The van der Waals surface area contributed by atoms with Crippen LogP contribution in [0.3, 0.4) is 0 Å². The van der Waals surface area contributed by atoms with Crippen molar-refractivity contribution in [3.05, 3.63) is 70.9 Å². The largest absolute Gasteiger partial charge is 0.497 e. The Morgan fingerprint density at radius 3 is 2.39 bits per heavy atom. The first-order chi connectivity index (χ1) is 17.3. The van der Waals surface area contributed by atoms with Crippen LogP contribution in [0.2, 0.25) is 0 Å². The SMILES string of the molecule is COc1cc2c(c(OC)c1)C(C)(C)C=C1N(C2)C(=O)N(C)C12CCN(CCCc1ccccc1)CC2. The van der Waals surface area contributed by atoms with E-state index in [-0.39, 0.29) is 17.0 Å². The molecule has 0 N–H and O–H groups in total. The fourth-order valence-electron chi connectivity index (χ4n) is 6.51. The van der Waals surface area contributed by atoms with Gasteiger partial charge in [0.2, 0.25) is 0 Å². The van der Waals surface area contributed by atoms with Crippen molar-refractivity contribution in [2.24, 2.45) is 0 Å². The summed E-state index contributed by atoms with van der Waals surface area (Å²) >= 11 is 0. The zero-order chi connectivity index (χ0) is 25.5. The summed E-state index contributed by atoms with van der Waals surface area (Å²) in [4.78, 5) is 20.2. The summed E-state index contributed by atoms with van der Waals surface area (Å²) in [5.41, 5.74) is 4.23. The van der Waals surface area contributed by atoms with Crippen molar-refractivity contribution in [3.8, 4) is 11.5 Å². The lowest BCUT2D eigenvalue weighted by Crippen LogP contribution is -2.52. The summed E-state index contributed by atoms with van der Waals surface area (Å²) in [7, 11) is 5.37. The molecule has 6 heteroatoms. The molecule has 192 valence electrons. The Morgan fingerprint density at radius 2 is 1.72 bits per heavy atom. The molecule has 0 aliphatic carbocycles. The van der Waals surface area contributed by atoms with Crippen molar-refractivity contribution < 1.29 is 14.3 Å². The Balaban J connectivity index is 1.38. The Morgan fingerprint density at radius 1 is 1.00 bits per heavy atom. The van der Waals surface area contributed by atoms with Gasteiger partial charge in [0.1, 0.15) is 11.5 Å². The van der Waals surface area contributed by atoms with Crippen molar-refractivity contribution in [2.75, 3.05) is 40.9 Å². The average molecular weight is 490 g/mol. The predicted octanol–water partition coefficient (Wildman–Crippen LogP) is 5.21. The predicted molar refractivity (Wildman–Crippen MR) is 143 cm³/mol. The highest BCUT2D eigenvalue weighted by Crippen LogP contribution is 2.50. The highest BCUT2D eigenvalue weighted by atomic mass is 16.5. The van der Waals surface area contributed by atoms with Crippen LogP contribution < -0.4 is 9.47 Å². The maximum atomic E-state index is 13.6. The smallest absolute Gasteiger partial charge is 0.325 e. The number of nitrogens with zero attached hydrogens (tertiary/aromatic N) is 3. The minimum Gasteiger partial charge on any atom is -0.497 e. The Hall–Kier alpha value is -2.99. The van der Waals surface area contributed by atoms with Crippen LogP contribution in [0.4, 0.5) is 4.79 Å². The topological polar surface area (TPSA) is 45.3 Å². The number of ether oxygens (including phenoxy) is 2. The van der Waals surface area contributed by atoms with Crippen LogP contribution >= 0.6 is 0 Å². The van der Waals surface area contributed by atoms with Crippen LogP contribution in [0, 0.1) is 0 Å². The second kappa shape index (κ2) is 9.47. The van der Waals surface area contributed by atoms with Gasteiger partial charge in [-0.05, 0) is 49.4 Å². The van der Waals surface area contributed by atoms with Crippen LogP contribution in [0.25, 0.3) is 0 Å². The van der Waals surface area contributed by atoms with E-state index < -0.39 is 0 Å². The fourth-order valence-corrected chi connectivity index (χ4v) is 6.51. The van der Waals surface area contributed by atoms with E-state index in [1.165, 1.54) is 5.56 Å². The van der Waals surface area contributed by atoms with Gasteiger partial charge in [0.05, 0.1) is 26.3 Å². The second-order valence-electron chi connectivity index (χ2n) is 11.0. The van der Waals surface area contributed by atoms with Crippen LogP contribution in [0.15, 0.2) is 54.2 Å². The Labute approximate surface area is 215 Å². The molecule has 0 atom stereocenters. The molecule has 2 amide bonds. The Kier molecular flexibility index (Phi) is 6.50. The minimum atomic E-state index is -0.289. The van der Waals surface area contributed by atoms with E-state index in [1.807, 2.05) is 22.9 Å². The third kappa shape index (κ3) is 4.15. The minimum absolute atomic E-state index is 0.0872. The number of urea groups is 1. The van der Waals surface area contributed by atoms with E-state index in [4.69, 9.17) is 9.47 Å². The van der Waals surface area contributed by atoms with Gasteiger partial charge in [-0.15, -0.1) is 0 Å². The van der Waals surface area contributed by atoms with Crippen molar-refractivity contribution in [1.29, 1.82) is 0 Å². The quantitative estimate of drug-likeness (QED) is 0.559. The first-order valence-corrected chi connectivity index (χ1v) is 13.1. The van der Waals surface area contributed by atoms with Crippen LogP contribution in [0.1, 0.15) is 49.8 Å². The average Bonchev–Trinajstić information content (AvgIpc) is 2.99. The van der Waals surface area contributed by atoms with Crippen LogP contribution in [-0.2, 0) is 18.4 Å². The highest BCUT2D eigenvalue weighted by Gasteiger charge is 2.54. The summed E-state index contributed by atoms with van der Waals surface area (Å²) in [5.74, 6) is 1.57. The molecule has 2 saturated heterocycles. The van der Waals surface area contributed by atoms with E-state index in [0.29, 0.717) is 6.54 Å². The zero-order valence-electron chi connectivity index (χ0n) is 22.3. The summed E-state index contributed by atoms with van der Waals surface area (Å²) in [5, 5.41) is 0. The van der Waals surface area contributed by atoms with Gasteiger partial charge in [0.15, 0.2) is 0 Å². The number of amides is 2. The number of likely N-dealkylation sites (N-methyl/N-ethyl adjacent to an activating group) is 1. The third-order valence-electron chi connectivity index (χ3n) is 8.48. The molecule has 0 unspecified atom stereocenters. The molecule has 2 aromatic carbocycles. The lowest BCUT2D eigenvalue weighted by Gasteiger charge is -2.43. The number of methoxy groups -OCH3 is 2. The number of piperidine rings is 1. The molecule has 3 heterocycles. The number of benzene rings is 2. The first kappa shape index (κ1) is 24.7. The Bertz CT molecular complexity index is 1150. The summed E-state index contributed by atoms with van der Waals surface area (Å²) < 4.78 is 11.4. The summed E-state index contributed by atoms with van der Waals surface area (Å²) in [6.07, 6.45) is 6.51. The summed E-state index contributed by atoms with van der Waals surface area (Å²) in [6.45, 7) is 8.09. The molecule has 3 aliphatic rings. The molecule has 5 rings (SSSR count). The van der Waals surface area contributed by atoms with E-state index in [0.717, 1.165) is 73.6 Å². The lowest BCUT2D eigenvalue weighted by molar-refractivity contribution is 0.103. The van der Waals surface area contributed by atoms with Gasteiger partial charge in [-0.1, -0.05) is 50.3 Å². The van der Waals surface area contributed by atoms with Crippen molar-refractivity contribution in [1.82, 2.24) is 14.7 Å². The van der Waals surface area contributed by atoms with E-state index in [9.17, 15) is 4.79 Å². The molecular formula is C30H39N3O3. The molecule has 3 aliphatic heterocycles. The molecule has 1 spiro atoms. The lowest BCUT2D eigenvalue weighted by atomic mass is 9.77. The number of carbonyl (C=O) groups excluding carboxylic acids is 1. The van der Waals surface area contributed by atoms with Gasteiger partial charge in [-0.2, -0.15) is 0 Å². The van der Waals surface area contributed by atoms with Gasteiger partial charge in [-0.3, -0.25) is 4.90 Å². The fraction of sp³-hybridized carbons (Fsp3) is 0.500. The number of rotatable bonds is 6. The standard InChI is InChI=1S/C30H39N3O3/c1-29(2)20-26-30(13-16-32(17-14-30)15-9-12-22-10-7-6-8-11-22)31(3)28(34)33(26)21-23-18-24(35-4)19-25(36-5)27(23)29/h6-8,10-11,18-20H,9,12-17,21H2,1-5H3. The number of fused-ring (bicyclic) bond motifs is 3. The molecular weight excluding hydrogens is 450 g/mol. The number of likely N-dealkylation sites (tertiary alicyclic amines) is 1. The van der Waals surface area contributed by atoms with Gasteiger partial charge in [0, 0.05) is 42.9 Å². The van der Waals surface area contributed by atoms with Gasteiger partial charge >= 0.3 is 6.03 Å².